The van der Waals surface area contributed by atoms with Crippen molar-refractivity contribution < 1.29 is 4.79 Å². The molecule has 1 amide bonds. The lowest BCUT2D eigenvalue weighted by molar-refractivity contribution is 0.0957. The van der Waals surface area contributed by atoms with Gasteiger partial charge < -0.3 is 5.32 Å². The van der Waals surface area contributed by atoms with E-state index in [-0.39, 0.29) is 5.91 Å². The van der Waals surface area contributed by atoms with Crippen LogP contribution in [0.3, 0.4) is 0 Å². The second kappa shape index (κ2) is 6.19. The molecule has 0 bridgehead atoms. The van der Waals surface area contributed by atoms with Crippen LogP contribution in [0.1, 0.15) is 29.4 Å². The van der Waals surface area contributed by atoms with Crippen molar-refractivity contribution in [2.45, 2.75) is 24.6 Å². The molecule has 1 N–H and O–H groups in total. The summed E-state index contributed by atoms with van der Waals surface area (Å²) in [6.45, 7) is 2.86. The van der Waals surface area contributed by atoms with E-state index in [0.717, 1.165) is 24.3 Å². The number of thiophene rings is 1. The summed E-state index contributed by atoms with van der Waals surface area (Å²) in [5, 5.41) is 4.80. The highest BCUT2D eigenvalue weighted by Crippen LogP contribution is 2.10. The number of carbonyl (C=O) groups excluding carboxylic acids is 1. The molecule has 0 saturated heterocycles. The molecule has 1 atom stereocenters. The molecule has 0 spiro atoms. The van der Waals surface area contributed by atoms with E-state index in [4.69, 9.17) is 0 Å². The zero-order chi connectivity index (χ0) is 10.4. The van der Waals surface area contributed by atoms with Gasteiger partial charge in [-0.2, -0.15) is 0 Å². The first-order valence-corrected chi connectivity index (χ1v) is 6.49. The molecule has 1 unspecified atom stereocenters. The van der Waals surface area contributed by atoms with E-state index in [9.17, 15) is 4.79 Å². The third-order valence-corrected chi connectivity index (χ3v) is 3.91. The highest BCUT2D eigenvalue weighted by atomic mass is 79.9. The molecule has 0 saturated carbocycles. The zero-order valence-corrected chi connectivity index (χ0v) is 10.5. The maximum Gasteiger partial charge on any atom is 0.261 e. The molecule has 0 aromatic carbocycles. The number of hydrogen-bond donors (Lipinski definition) is 1. The Morgan fingerprint density at radius 2 is 2.50 bits per heavy atom. The van der Waals surface area contributed by atoms with Crippen LogP contribution in [0.25, 0.3) is 0 Å². The topological polar surface area (TPSA) is 29.1 Å². The van der Waals surface area contributed by atoms with Crippen molar-refractivity contribution in [3.05, 3.63) is 22.4 Å². The van der Waals surface area contributed by atoms with Crippen LogP contribution in [0, 0.1) is 0 Å². The molecule has 4 heteroatoms. The van der Waals surface area contributed by atoms with Gasteiger partial charge in [0, 0.05) is 11.4 Å². The summed E-state index contributed by atoms with van der Waals surface area (Å²) >= 11 is 5.00. The Morgan fingerprint density at radius 1 is 1.71 bits per heavy atom. The first kappa shape index (κ1) is 11.7. The average Bonchev–Trinajstić information content (AvgIpc) is 2.70. The van der Waals surface area contributed by atoms with Crippen molar-refractivity contribution in [3.8, 4) is 0 Å². The zero-order valence-electron chi connectivity index (χ0n) is 8.13. The van der Waals surface area contributed by atoms with E-state index in [1.54, 1.807) is 0 Å². The summed E-state index contributed by atoms with van der Waals surface area (Å²) in [7, 11) is 0. The Morgan fingerprint density at radius 3 is 3.07 bits per heavy atom. The lowest BCUT2D eigenvalue weighted by Gasteiger charge is -2.06. The van der Waals surface area contributed by atoms with E-state index in [2.05, 4.69) is 28.2 Å². The van der Waals surface area contributed by atoms with E-state index >= 15 is 0 Å². The molecule has 0 aliphatic carbocycles. The standard InChI is InChI=1S/C10H14BrNOS/c1-2-8(11)5-6-12-10(13)9-4-3-7-14-9/h3-4,7-8H,2,5-6H2,1H3,(H,12,13). The van der Waals surface area contributed by atoms with Crippen LogP contribution in [-0.4, -0.2) is 17.3 Å². The van der Waals surface area contributed by atoms with Crippen molar-refractivity contribution in [2.75, 3.05) is 6.54 Å². The summed E-state index contributed by atoms with van der Waals surface area (Å²) in [6, 6.07) is 3.73. The SMILES string of the molecule is CCC(Br)CCNC(=O)c1cccs1. The van der Waals surface area contributed by atoms with Crippen LogP contribution in [0.15, 0.2) is 17.5 Å². The summed E-state index contributed by atoms with van der Waals surface area (Å²) in [4.78, 5) is 12.8. The second-order valence-electron chi connectivity index (χ2n) is 3.03. The molecule has 0 aliphatic rings. The monoisotopic (exact) mass is 275 g/mol. The maximum atomic E-state index is 11.5. The molecule has 78 valence electrons. The highest BCUT2D eigenvalue weighted by Gasteiger charge is 2.06. The Hall–Kier alpha value is -0.350. The van der Waals surface area contributed by atoms with Gasteiger partial charge in [-0.05, 0) is 24.3 Å². The van der Waals surface area contributed by atoms with Gasteiger partial charge in [-0.15, -0.1) is 11.3 Å². The summed E-state index contributed by atoms with van der Waals surface area (Å²) < 4.78 is 0. The molecular weight excluding hydrogens is 262 g/mol. The lowest BCUT2D eigenvalue weighted by atomic mass is 10.2. The van der Waals surface area contributed by atoms with Crippen molar-refractivity contribution in [1.82, 2.24) is 5.32 Å². The number of amides is 1. The first-order chi connectivity index (χ1) is 6.74. The van der Waals surface area contributed by atoms with E-state index in [0.29, 0.717) is 4.83 Å². The minimum absolute atomic E-state index is 0.0378. The molecule has 14 heavy (non-hydrogen) atoms. The quantitative estimate of drug-likeness (QED) is 0.823. The third-order valence-electron chi connectivity index (χ3n) is 1.93. The summed E-state index contributed by atoms with van der Waals surface area (Å²) in [5.41, 5.74) is 0. The van der Waals surface area contributed by atoms with E-state index in [1.165, 1.54) is 11.3 Å². The van der Waals surface area contributed by atoms with Gasteiger partial charge in [-0.1, -0.05) is 28.9 Å². The Kier molecular flexibility index (Phi) is 5.19. The molecule has 1 aromatic rings. The Balaban J connectivity index is 2.23. The second-order valence-corrected chi connectivity index (χ2v) is 5.27. The van der Waals surface area contributed by atoms with Crippen molar-refractivity contribution in [3.63, 3.8) is 0 Å². The van der Waals surface area contributed by atoms with Gasteiger partial charge in [0.1, 0.15) is 0 Å². The van der Waals surface area contributed by atoms with Gasteiger partial charge in [0.15, 0.2) is 0 Å². The number of halogens is 1. The predicted octanol–water partition coefficient (Wildman–Crippen LogP) is 3.04. The van der Waals surface area contributed by atoms with Gasteiger partial charge in [0.2, 0.25) is 0 Å². The summed E-state index contributed by atoms with van der Waals surface area (Å²) in [5.74, 6) is 0.0378. The van der Waals surface area contributed by atoms with E-state index in [1.807, 2.05) is 17.5 Å². The molecule has 0 aliphatic heterocycles. The number of carbonyl (C=O) groups is 1. The predicted molar refractivity (Wildman–Crippen MR) is 64.3 cm³/mol. The molecule has 2 nitrogen and oxygen atoms in total. The maximum absolute atomic E-state index is 11.5. The van der Waals surface area contributed by atoms with Gasteiger partial charge >= 0.3 is 0 Å². The fraction of sp³-hybridized carbons (Fsp3) is 0.500. The minimum atomic E-state index is 0.0378. The van der Waals surface area contributed by atoms with Gasteiger partial charge in [0.25, 0.3) is 5.91 Å². The van der Waals surface area contributed by atoms with Gasteiger partial charge in [-0.25, -0.2) is 0 Å². The molecule has 1 rings (SSSR count). The number of alkyl halides is 1. The van der Waals surface area contributed by atoms with Crippen LogP contribution in [0.2, 0.25) is 0 Å². The van der Waals surface area contributed by atoms with Crippen molar-refractivity contribution in [1.29, 1.82) is 0 Å². The van der Waals surface area contributed by atoms with E-state index < -0.39 is 0 Å². The number of rotatable bonds is 5. The fourth-order valence-corrected chi connectivity index (χ4v) is 1.91. The summed E-state index contributed by atoms with van der Waals surface area (Å²) in [6.07, 6.45) is 2.07. The Bertz CT molecular complexity index is 274. The first-order valence-electron chi connectivity index (χ1n) is 4.69. The highest BCUT2D eigenvalue weighted by molar-refractivity contribution is 9.09. The molecule has 1 heterocycles. The number of nitrogens with one attached hydrogen (secondary N) is 1. The van der Waals surface area contributed by atoms with Gasteiger partial charge in [-0.3, -0.25) is 4.79 Å². The number of hydrogen-bond acceptors (Lipinski definition) is 2. The van der Waals surface area contributed by atoms with Crippen molar-refractivity contribution in [2.24, 2.45) is 0 Å². The molecule has 1 aromatic heterocycles. The van der Waals surface area contributed by atoms with Crippen LogP contribution in [0.4, 0.5) is 0 Å². The normalized spacial score (nSPS) is 12.4. The van der Waals surface area contributed by atoms with Crippen LogP contribution < -0.4 is 5.32 Å². The molecule has 0 fully saturated rings. The van der Waals surface area contributed by atoms with Crippen LogP contribution in [-0.2, 0) is 0 Å². The molecule has 0 radical (unpaired) electrons. The van der Waals surface area contributed by atoms with Crippen LogP contribution in [0.5, 0.6) is 0 Å². The Labute approximate surface area is 96.8 Å². The third kappa shape index (κ3) is 3.80. The smallest absolute Gasteiger partial charge is 0.261 e. The van der Waals surface area contributed by atoms with Gasteiger partial charge in [0.05, 0.1) is 4.88 Å². The van der Waals surface area contributed by atoms with Crippen LogP contribution >= 0.6 is 27.3 Å². The lowest BCUT2D eigenvalue weighted by Crippen LogP contribution is -2.25. The fourth-order valence-electron chi connectivity index (χ4n) is 1.04. The minimum Gasteiger partial charge on any atom is -0.351 e. The largest absolute Gasteiger partial charge is 0.351 e. The average molecular weight is 276 g/mol. The molecular formula is C10H14BrNOS. The van der Waals surface area contributed by atoms with Crippen molar-refractivity contribution >= 4 is 33.2 Å².